The van der Waals surface area contributed by atoms with Crippen molar-refractivity contribution >= 4 is 27.7 Å². The van der Waals surface area contributed by atoms with Crippen LogP contribution >= 0.6 is 11.3 Å². The highest BCUT2D eigenvalue weighted by atomic mass is 32.1. The van der Waals surface area contributed by atoms with Gasteiger partial charge < -0.3 is 16.2 Å². The lowest BCUT2D eigenvalue weighted by Crippen LogP contribution is -2.04. The van der Waals surface area contributed by atoms with Crippen LogP contribution in [0.15, 0.2) is 18.2 Å². The van der Waals surface area contributed by atoms with Crippen molar-refractivity contribution in [3.05, 3.63) is 24.0 Å². The number of anilines is 2. The minimum atomic E-state index is 0.265. The van der Waals surface area contributed by atoms with Crippen molar-refractivity contribution in [2.24, 2.45) is 0 Å². The van der Waals surface area contributed by atoms with Gasteiger partial charge >= 0.3 is 0 Å². The zero-order valence-corrected chi connectivity index (χ0v) is 12.0. The molecule has 0 bridgehead atoms. The summed E-state index contributed by atoms with van der Waals surface area (Å²) >= 11 is 1.47. The van der Waals surface area contributed by atoms with Gasteiger partial charge in [0.2, 0.25) is 4.96 Å². The summed E-state index contributed by atoms with van der Waals surface area (Å²) in [4.78, 5) is 0.771. The van der Waals surface area contributed by atoms with Crippen LogP contribution in [-0.2, 0) is 4.74 Å². The SMILES string of the molecule is Nc1cc(N)cc(-c2nn3c(C4CCOC4)nnc3s2)c1. The Labute approximate surface area is 124 Å². The van der Waals surface area contributed by atoms with Crippen molar-refractivity contribution in [3.63, 3.8) is 0 Å². The molecule has 0 aliphatic carbocycles. The number of benzene rings is 1. The fourth-order valence-electron chi connectivity index (χ4n) is 2.54. The smallest absolute Gasteiger partial charge is 0.234 e. The van der Waals surface area contributed by atoms with E-state index in [2.05, 4.69) is 15.3 Å². The highest BCUT2D eigenvalue weighted by Crippen LogP contribution is 2.31. The van der Waals surface area contributed by atoms with Crippen LogP contribution in [0.3, 0.4) is 0 Å². The van der Waals surface area contributed by atoms with Gasteiger partial charge in [-0.15, -0.1) is 10.2 Å². The second-order valence-electron chi connectivity index (χ2n) is 5.11. The molecular formula is C13H14N6OS. The maximum absolute atomic E-state index is 5.84. The van der Waals surface area contributed by atoms with E-state index in [0.29, 0.717) is 18.0 Å². The average molecular weight is 302 g/mol. The van der Waals surface area contributed by atoms with Gasteiger partial charge in [-0.1, -0.05) is 11.3 Å². The van der Waals surface area contributed by atoms with Gasteiger partial charge in [-0.25, -0.2) is 0 Å². The summed E-state index contributed by atoms with van der Waals surface area (Å²) in [6.07, 6.45) is 0.957. The summed E-state index contributed by atoms with van der Waals surface area (Å²) in [7, 11) is 0. The highest BCUT2D eigenvalue weighted by Gasteiger charge is 2.25. The highest BCUT2D eigenvalue weighted by molar-refractivity contribution is 7.19. The first-order valence-corrected chi connectivity index (χ1v) is 7.48. The van der Waals surface area contributed by atoms with E-state index in [1.54, 1.807) is 10.6 Å². The first kappa shape index (κ1) is 12.5. The molecule has 4 rings (SSSR count). The summed E-state index contributed by atoms with van der Waals surface area (Å²) in [5.74, 6) is 1.13. The van der Waals surface area contributed by atoms with E-state index in [-0.39, 0.29) is 5.92 Å². The average Bonchev–Trinajstić information content (AvgIpc) is 3.13. The standard InChI is InChI=1S/C13H14N6OS/c14-9-3-8(4-10(15)5-9)12-18-19-11(7-1-2-20-6-7)16-17-13(19)21-12/h3-5,7H,1-2,6,14-15H2. The minimum Gasteiger partial charge on any atom is -0.399 e. The third-order valence-corrected chi connectivity index (χ3v) is 4.48. The number of hydrogen-bond acceptors (Lipinski definition) is 7. The Kier molecular flexibility index (Phi) is 2.79. The Bertz CT molecular complexity index is 784. The molecule has 108 valence electrons. The maximum Gasteiger partial charge on any atom is 0.234 e. The number of ether oxygens (including phenoxy) is 1. The zero-order chi connectivity index (χ0) is 14.4. The lowest BCUT2D eigenvalue weighted by molar-refractivity contribution is 0.193. The summed E-state index contributed by atoms with van der Waals surface area (Å²) in [5.41, 5.74) is 13.8. The number of nitrogens with zero attached hydrogens (tertiary/aromatic N) is 4. The van der Waals surface area contributed by atoms with Gasteiger partial charge in [0.25, 0.3) is 0 Å². The largest absolute Gasteiger partial charge is 0.399 e. The van der Waals surface area contributed by atoms with E-state index >= 15 is 0 Å². The fraction of sp³-hybridized carbons (Fsp3) is 0.308. The van der Waals surface area contributed by atoms with Gasteiger partial charge in [0.05, 0.1) is 6.61 Å². The molecule has 3 heterocycles. The molecule has 1 aromatic carbocycles. The second-order valence-corrected chi connectivity index (χ2v) is 6.06. The van der Waals surface area contributed by atoms with E-state index < -0.39 is 0 Å². The number of hydrogen-bond donors (Lipinski definition) is 2. The first-order valence-electron chi connectivity index (χ1n) is 6.67. The number of nitrogens with two attached hydrogens (primary N) is 2. The van der Waals surface area contributed by atoms with E-state index in [9.17, 15) is 0 Å². The lowest BCUT2D eigenvalue weighted by atomic mass is 10.1. The molecule has 1 atom stereocenters. The molecule has 0 saturated carbocycles. The Morgan fingerprint density at radius 1 is 1.19 bits per heavy atom. The Morgan fingerprint density at radius 3 is 2.71 bits per heavy atom. The van der Waals surface area contributed by atoms with Crippen molar-refractivity contribution in [2.75, 3.05) is 24.7 Å². The molecule has 4 N–H and O–H groups in total. The van der Waals surface area contributed by atoms with Crippen molar-refractivity contribution in [3.8, 4) is 10.6 Å². The van der Waals surface area contributed by atoms with Crippen LogP contribution in [0.2, 0.25) is 0 Å². The van der Waals surface area contributed by atoms with Gasteiger partial charge in [0.1, 0.15) is 5.01 Å². The molecule has 1 saturated heterocycles. The Hall–Kier alpha value is -2.19. The number of aromatic nitrogens is 4. The monoisotopic (exact) mass is 302 g/mol. The van der Waals surface area contributed by atoms with Gasteiger partial charge in [-0.2, -0.15) is 9.61 Å². The molecule has 7 nitrogen and oxygen atoms in total. The van der Waals surface area contributed by atoms with Crippen LogP contribution < -0.4 is 11.5 Å². The van der Waals surface area contributed by atoms with Crippen molar-refractivity contribution in [1.29, 1.82) is 0 Å². The molecule has 0 amide bonds. The zero-order valence-electron chi connectivity index (χ0n) is 11.2. The Balaban J connectivity index is 1.80. The summed E-state index contributed by atoms with van der Waals surface area (Å²) < 4.78 is 7.22. The van der Waals surface area contributed by atoms with Crippen molar-refractivity contribution < 1.29 is 4.74 Å². The minimum absolute atomic E-state index is 0.265. The van der Waals surface area contributed by atoms with Crippen LogP contribution in [-0.4, -0.2) is 33.0 Å². The molecule has 1 unspecified atom stereocenters. The summed E-state index contributed by atoms with van der Waals surface area (Å²) in [6.45, 7) is 1.45. The van der Waals surface area contributed by atoms with Gasteiger partial charge in [-0.3, -0.25) is 0 Å². The van der Waals surface area contributed by atoms with Crippen LogP contribution in [0.5, 0.6) is 0 Å². The summed E-state index contributed by atoms with van der Waals surface area (Å²) in [6, 6.07) is 5.45. The van der Waals surface area contributed by atoms with Crippen LogP contribution in [0.4, 0.5) is 11.4 Å². The molecule has 0 radical (unpaired) electrons. The molecule has 0 spiro atoms. The van der Waals surface area contributed by atoms with Crippen molar-refractivity contribution in [1.82, 2.24) is 19.8 Å². The second kappa shape index (κ2) is 4.68. The van der Waals surface area contributed by atoms with Crippen molar-refractivity contribution in [2.45, 2.75) is 12.3 Å². The predicted molar refractivity (Wildman–Crippen MR) is 81.1 cm³/mol. The number of fused-ring (bicyclic) bond motifs is 1. The summed E-state index contributed by atoms with van der Waals surface area (Å²) in [5, 5.41) is 13.9. The number of nitrogen functional groups attached to an aromatic ring is 2. The third-order valence-electron chi connectivity index (χ3n) is 3.53. The molecule has 8 heteroatoms. The molecule has 1 aliphatic heterocycles. The molecule has 2 aromatic heterocycles. The number of rotatable bonds is 2. The van der Waals surface area contributed by atoms with Gasteiger partial charge in [0.15, 0.2) is 5.82 Å². The van der Waals surface area contributed by atoms with Crippen LogP contribution in [0.25, 0.3) is 15.5 Å². The fourth-order valence-corrected chi connectivity index (χ4v) is 3.38. The van der Waals surface area contributed by atoms with E-state index in [1.807, 2.05) is 12.1 Å². The molecule has 1 aliphatic rings. The topological polar surface area (TPSA) is 104 Å². The van der Waals surface area contributed by atoms with E-state index in [0.717, 1.165) is 34.4 Å². The van der Waals surface area contributed by atoms with Crippen LogP contribution in [0, 0.1) is 0 Å². The first-order chi connectivity index (χ1) is 10.2. The maximum atomic E-state index is 5.84. The molecular weight excluding hydrogens is 288 g/mol. The van der Waals surface area contributed by atoms with Crippen LogP contribution in [0.1, 0.15) is 18.2 Å². The third kappa shape index (κ3) is 2.12. The molecule has 1 fully saturated rings. The quantitative estimate of drug-likeness (QED) is 0.695. The van der Waals surface area contributed by atoms with E-state index in [4.69, 9.17) is 16.2 Å². The predicted octanol–water partition coefficient (Wildman–Crippen LogP) is 1.52. The van der Waals surface area contributed by atoms with Gasteiger partial charge in [-0.05, 0) is 24.6 Å². The normalized spacial score (nSPS) is 18.6. The van der Waals surface area contributed by atoms with Gasteiger partial charge in [0, 0.05) is 29.5 Å². The lowest BCUT2D eigenvalue weighted by Gasteiger charge is -2.02. The molecule has 21 heavy (non-hydrogen) atoms. The van der Waals surface area contributed by atoms with E-state index in [1.165, 1.54) is 11.3 Å². The Morgan fingerprint density at radius 2 is 2.00 bits per heavy atom. The molecule has 3 aromatic rings.